The van der Waals surface area contributed by atoms with E-state index >= 15 is 0 Å². The highest BCUT2D eigenvalue weighted by Gasteiger charge is 2.22. The first-order chi connectivity index (χ1) is 13.7. The van der Waals surface area contributed by atoms with Crippen molar-refractivity contribution in [3.05, 3.63) is 57.0 Å². The number of hydrogen-bond donors (Lipinski definition) is 2. The third-order valence-corrected chi connectivity index (χ3v) is 5.20. The standard InChI is InChI=1S/C20H19N3O5S/c1-10(2)17-22-18-16(14(9-29-18)20(27)28)19(26)23(17)8-15(25)21-13-6-4-5-12(7-13)11(3)24/h4-7,9-10H,8H2,1-3H3,(H,21,25)(H,27,28). The molecule has 2 heterocycles. The van der Waals surface area contributed by atoms with Crippen molar-refractivity contribution >= 4 is 44.9 Å². The highest BCUT2D eigenvalue weighted by molar-refractivity contribution is 7.17. The van der Waals surface area contributed by atoms with Crippen molar-refractivity contribution < 1.29 is 19.5 Å². The Bertz CT molecular complexity index is 1190. The number of thiophene rings is 1. The Labute approximate surface area is 169 Å². The van der Waals surface area contributed by atoms with Gasteiger partial charge in [0.05, 0.1) is 10.9 Å². The van der Waals surface area contributed by atoms with E-state index in [0.29, 0.717) is 21.9 Å². The SMILES string of the molecule is CC(=O)c1cccc(NC(=O)Cn2c(C(C)C)nc3scc(C(=O)O)c3c2=O)c1. The zero-order valence-electron chi connectivity index (χ0n) is 16.1. The number of Topliss-reactive ketones (excluding diaryl/α,β-unsaturated/α-hetero) is 1. The van der Waals surface area contributed by atoms with Gasteiger partial charge in [-0.3, -0.25) is 19.0 Å². The van der Waals surface area contributed by atoms with Crippen LogP contribution in [-0.2, 0) is 11.3 Å². The molecule has 0 fully saturated rings. The normalized spacial score (nSPS) is 11.0. The van der Waals surface area contributed by atoms with E-state index in [1.165, 1.54) is 16.9 Å². The van der Waals surface area contributed by atoms with Gasteiger partial charge in [0.2, 0.25) is 5.91 Å². The number of aromatic carboxylic acids is 1. The summed E-state index contributed by atoms with van der Waals surface area (Å²) in [5.74, 6) is -1.59. The Kier molecular flexibility index (Phi) is 5.60. The highest BCUT2D eigenvalue weighted by Crippen LogP contribution is 2.24. The number of carboxylic acid groups (broad SMARTS) is 1. The molecule has 0 unspecified atom stereocenters. The summed E-state index contributed by atoms with van der Waals surface area (Å²) in [5.41, 5.74) is 0.194. The maximum Gasteiger partial charge on any atom is 0.337 e. The number of carbonyl (C=O) groups excluding carboxylic acids is 2. The van der Waals surface area contributed by atoms with Gasteiger partial charge in [-0.2, -0.15) is 0 Å². The minimum atomic E-state index is -1.22. The quantitative estimate of drug-likeness (QED) is 0.600. The van der Waals surface area contributed by atoms with E-state index in [-0.39, 0.29) is 29.2 Å². The Hall–Kier alpha value is -3.33. The van der Waals surface area contributed by atoms with E-state index in [1.54, 1.807) is 24.3 Å². The zero-order valence-corrected chi connectivity index (χ0v) is 16.9. The number of rotatable bonds is 6. The number of aromatic nitrogens is 2. The fraction of sp³-hybridized carbons (Fsp3) is 0.250. The van der Waals surface area contributed by atoms with Crippen molar-refractivity contribution in [1.82, 2.24) is 9.55 Å². The van der Waals surface area contributed by atoms with Gasteiger partial charge in [-0.05, 0) is 19.1 Å². The molecule has 2 N–H and O–H groups in total. The molecule has 0 aliphatic heterocycles. The molecule has 3 aromatic rings. The molecule has 0 spiro atoms. The second-order valence-electron chi connectivity index (χ2n) is 6.84. The van der Waals surface area contributed by atoms with Crippen LogP contribution in [0.3, 0.4) is 0 Å². The molecule has 0 aliphatic rings. The smallest absolute Gasteiger partial charge is 0.337 e. The van der Waals surface area contributed by atoms with Gasteiger partial charge < -0.3 is 10.4 Å². The minimum absolute atomic E-state index is 0.00160. The zero-order chi connectivity index (χ0) is 21.3. The van der Waals surface area contributed by atoms with Crippen molar-refractivity contribution in [2.45, 2.75) is 33.2 Å². The van der Waals surface area contributed by atoms with E-state index in [1.807, 2.05) is 13.8 Å². The molecule has 150 valence electrons. The summed E-state index contributed by atoms with van der Waals surface area (Å²) < 4.78 is 1.20. The van der Waals surface area contributed by atoms with Gasteiger partial charge >= 0.3 is 5.97 Å². The molecule has 0 aliphatic carbocycles. The van der Waals surface area contributed by atoms with Gasteiger partial charge in [-0.1, -0.05) is 26.0 Å². The first-order valence-electron chi connectivity index (χ1n) is 8.85. The van der Waals surface area contributed by atoms with Crippen LogP contribution < -0.4 is 10.9 Å². The van der Waals surface area contributed by atoms with Gasteiger partial charge in [-0.25, -0.2) is 9.78 Å². The average Bonchev–Trinajstić information content (AvgIpc) is 3.08. The van der Waals surface area contributed by atoms with E-state index in [9.17, 15) is 24.3 Å². The van der Waals surface area contributed by atoms with Crippen molar-refractivity contribution in [2.75, 3.05) is 5.32 Å². The predicted octanol–water partition coefficient (Wildman–Crippen LogP) is 3.12. The number of benzene rings is 1. The highest BCUT2D eigenvalue weighted by atomic mass is 32.1. The van der Waals surface area contributed by atoms with Crippen LogP contribution in [0.1, 0.15) is 53.2 Å². The topological polar surface area (TPSA) is 118 Å². The summed E-state index contributed by atoms with van der Waals surface area (Å²) in [6.45, 7) is 4.78. The molecule has 0 atom stereocenters. The molecule has 0 radical (unpaired) electrons. The summed E-state index contributed by atoms with van der Waals surface area (Å²) in [6.07, 6.45) is 0. The van der Waals surface area contributed by atoms with E-state index in [4.69, 9.17) is 0 Å². The lowest BCUT2D eigenvalue weighted by molar-refractivity contribution is -0.116. The van der Waals surface area contributed by atoms with Crippen LogP contribution in [-0.4, -0.2) is 32.3 Å². The van der Waals surface area contributed by atoms with Gasteiger partial charge in [0.25, 0.3) is 5.56 Å². The largest absolute Gasteiger partial charge is 0.478 e. The summed E-state index contributed by atoms with van der Waals surface area (Å²) in [7, 11) is 0. The molecule has 0 bridgehead atoms. The molecule has 0 saturated carbocycles. The molecular weight excluding hydrogens is 394 g/mol. The number of anilines is 1. The minimum Gasteiger partial charge on any atom is -0.478 e. The first kappa shape index (κ1) is 20.4. The van der Waals surface area contributed by atoms with Crippen LogP contribution in [0.5, 0.6) is 0 Å². The Morgan fingerprint density at radius 2 is 2.00 bits per heavy atom. The number of nitrogens with zero attached hydrogens (tertiary/aromatic N) is 2. The number of carboxylic acids is 1. The maximum atomic E-state index is 13.0. The molecule has 1 amide bonds. The third kappa shape index (κ3) is 4.09. The van der Waals surface area contributed by atoms with E-state index < -0.39 is 17.4 Å². The number of ketones is 1. The van der Waals surface area contributed by atoms with Gasteiger partial charge in [-0.15, -0.1) is 11.3 Å². The Morgan fingerprint density at radius 1 is 1.28 bits per heavy atom. The second kappa shape index (κ2) is 7.96. The molecule has 3 rings (SSSR count). The molecular formula is C20H19N3O5S. The second-order valence-corrected chi connectivity index (χ2v) is 7.69. The molecule has 0 saturated heterocycles. The summed E-state index contributed by atoms with van der Waals surface area (Å²) >= 11 is 1.08. The number of hydrogen-bond acceptors (Lipinski definition) is 6. The predicted molar refractivity (Wildman–Crippen MR) is 110 cm³/mol. The molecule has 2 aromatic heterocycles. The van der Waals surface area contributed by atoms with Crippen molar-refractivity contribution in [3.8, 4) is 0 Å². The summed E-state index contributed by atoms with van der Waals surface area (Å²) in [5, 5.41) is 13.4. The van der Waals surface area contributed by atoms with Crippen LogP contribution >= 0.6 is 11.3 Å². The third-order valence-electron chi connectivity index (χ3n) is 4.32. The van der Waals surface area contributed by atoms with Crippen molar-refractivity contribution in [3.63, 3.8) is 0 Å². The Balaban J connectivity index is 2.00. The fourth-order valence-electron chi connectivity index (χ4n) is 2.95. The summed E-state index contributed by atoms with van der Waals surface area (Å²) in [4.78, 5) is 53.3. The maximum absolute atomic E-state index is 13.0. The summed E-state index contributed by atoms with van der Waals surface area (Å²) in [6, 6.07) is 6.48. The van der Waals surface area contributed by atoms with Gasteiger partial charge in [0.1, 0.15) is 17.2 Å². The monoisotopic (exact) mass is 413 g/mol. The van der Waals surface area contributed by atoms with Crippen LogP contribution in [0.15, 0.2) is 34.4 Å². The van der Waals surface area contributed by atoms with Crippen LogP contribution in [0, 0.1) is 0 Å². The van der Waals surface area contributed by atoms with E-state index in [0.717, 1.165) is 11.3 Å². The van der Waals surface area contributed by atoms with Gasteiger partial charge in [0.15, 0.2) is 5.78 Å². The van der Waals surface area contributed by atoms with Crippen LogP contribution in [0.2, 0.25) is 0 Å². The first-order valence-corrected chi connectivity index (χ1v) is 9.73. The lowest BCUT2D eigenvalue weighted by atomic mass is 10.1. The number of fused-ring (bicyclic) bond motifs is 1. The average molecular weight is 413 g/mol. The fourth-order valence-corrected chi connectivity index (χ4v) is 3.86. The van der Waals surface area contributed by atoms with Crippen molar-refractivity contribution in [2.24, 2.45) is 0 Å². The lowest BCUT2D eigenvalue weighted by Crippen LogP contribution is -2.32. The number of amides is 1. The van der Waals surface area contributed by atoms with Crippen LogP contribution in [0.4, 0.5) is 5.69 Å². The van der Waals surface area contributed by atoms with Crippen LogP contribution in [0.25, 0.3) is 10.2 Å². The van der Waals surface area contributed by atoms with Crippen molar-refractivity contribution in [1.29, 1.82) is 0 Å². The molecule has 29 heavy (non-hydrogen) atoms. The molecule has 9 heteroatoms. The van der Waals surface area contributed by atoms with Gasteiger partial charge in [0, 0.05) is 22.5 Å². The Morgan fingerprint density at radius 3 is 2.62 bits per heavy atom. The molecule has 1 aromatic carbocycles. The number of carbonyl (C=O) groups is 3. The van der Waals surface area contributed by atoms with E-state index in [2.05, 4.69) is 10.3 Å². The number of nitrogens with one attached hydrogen (secondary N) is 1. The molecule has 8 nitrogen and oxygen atoms in total. The lowest BCUT2D eigenvalue weighted by Gasteiger charge is -2.15.